The van der Waals surface area contributed by atoms with Gasteiger partial charge in [-0.25, -0.2) is 4.39 Å². The van der Waals surface area contributed by atoms with Gasteiger partial charge in [-0.05, 0) is 36.8 Å². The molecule has 2 rings (SSSR count). The molecule has 0 fully saturated rings. The van der Waals surface area contributed by atoms with E-state index >= 15 is 0 Å². The number of benzene rings is 2. The fourth-order valence-electron chi connectivity index (χ4n) is 1.70. The molecule has 0 aliphatic rings. The highest BCUT2D eigenvalue weighted by Crippen LogP contribution is 2.33. The molecule has 0 heterocycles. The first-order valence-corrected chi connectivity index (χ1v) is 5.90. The second kappa shape index (κ2) is 5.58. The Labute approximate surface area is 119 Å². The molecule has 0 bridgehead atoms. The van der Waals surface area contributed by atoms with Crippen molar-refractivity contribution in [2.24, 2.45) is 5.73 Å². The second-order valence-electron chi connectivity index (χ2n) is 4.32. The summed E-state index contributed by atoms with van der Waals surface area (Å²) in [7, 11) is 0. The van der Waals surface area contributed by atoms with E-state index in [9.17, 15) is 19.3 Å². The summed E-state index contributed by atoms with van der Waals surface area (Å²) in [6.45, 7) is 1.70. The van der Waals surface area contributed by atoms with Gasteiger partial charge in [0.05, 0.1) is 11.0 Å². The highest BCUT2D eigenvalue weighted by molar-refractivity contribution is 5.93. The Morgan fingerprint density at radius 2 is 1.95 bits per heavy atom. The van der Waals surface area contributed by atoms with E-state index in [1.54, 1.807) is 13.0 Å². The molecule has 0 aliphatic heterocycles. The molecular weight excluding hydrogens is 279 g/mol. The molecule has 0 unspecified atom stereocenters. The number of carbonyl (C=O) groups is 1. The van der Waals surface area contributed by atoms with Gasteiger partial charge in [0.2, 0.25) is 11.7 Å². The first-order chi connectivity index (χ1) is 9.88. The van der Waals surface area contributed by atoms with Gasteiger partial charge in [0.15, 0.2) is 0 Å². The van der Waals surface area contributed by atoms with Crippen LogP contribution in [0.5, 0.6) is 11.5 Å². The van der Waals surface area contributed by atoms with E-state index in [1.807, 2.05) is 0 Å². The Bertz CT molecular complexity index is 731. The van der Waals surface area contributed by atoms with Gasteiger partial charge in [-0.2, -0.15) is 0 Å². The summed E-state index contributed by atoms with van der Waals surface area (Å²) in [5.41, 5.74) is 5.53. The fraction of sp³-hybridized carbons (Fsp3) is 0.0714. The third kappa shape index (κ3) is 3.14. The number of nitrogens with zero attached hydrogens (tertiary/aromatic N) is 1. The zero-order valence-corrected chi connectivity index (χ0v) is 11.0. The molecule has 0 saturated carbocycles. The number of nitro benzene ring substituents is 1. The number of halogens is 1. The van der Waals surface area contributed by atoms with Crippen molar-refractivity contribution < 1.29 is 18.8 Å². The minimum atomic E-state index is -0.744. The normalized spacial score (nSPS) is 10.2. The van der Waals surface area contributed by atoms with Crippen molar-refractivity contribution in [2.45, 2.75) is 6.92 Å². The maximum Gasteiger partial charge on any atom is 0.314 e. The summed E-state index contributed by atoms with van der Waals surface area (Å²) >= 11 is 0. The molecule has 6 nitrogen and oxygen atoms in total. The average molecular weight is 290 g/mol. The minimum absolute atomic E-state index is 0.119. The molecule has 0 spiro atoms. The molecular formula is C14H11FN2O4. The number of nitrogens with two attached hydrogens (primary N) is 1. The molecule has 0 radical (unpaired) electrons. The average Bonchev–Trinajstić information content (AvgIpc) is 2.42. The third-order valence-electron chi connectivity index (χ3n) is 2.81. The van der Waals surface area contributed by atoms with Gasteiger partial charge in [-0.3, -0.25) is 14.9 Å². The third-order valence-corrected chi connectivity index (χ3v) is 2.81. The van der Waals surface area contributed by atoms with Crippen LogP contribution in [-0.2, 0) is 0 Å². The Kier molecular flexibility index (Phi) is 3.84. The standard InChI is InChI=1S/C14H11FN2O4/c1-8-2-3-9(14(16)18)6-13(8)21-12-5-4-10(15)7-11(12)17(19)20/h2-7H,1H3,(H2,16,18). The number of nitro groups is 1. The zero-order chi connectivity index (χ0) is 15.6. The topological polar surface area (TPSA) is 95.5 Å². The number of amides is 1. The lowest BCUT2D eigenvalue weighted by Crippen LogP contribution is -2.11. The van der Waals surface area contributed by atoms with Crippen molar-refractivity contribution in [3.8, 4) is 11.5 Å². The first kappa shape index (κ1) is 14.4. The number of hydrogen-bond acceptors (Lipinski definition) is 4. The summed E-state index contributed by atoms with van der Waals surface area (Å²) in [5.74, 6) is -1.27. The van der Waals surface area contributed by atoms with Crippen molar-refractivity contribution in [1.82, 2.24) is 0 Å². The van der Waals surface area contributed by atoms with E-state index in [-0.39, 0.29) is 17.1 Å². The zero-order valence-electron chi connectivity index (χ0n) is 11.0. The smallest absolute Gasteiger partial charge is 0.314 e. The molecule has 108 valence electrons. The van der Waals surface area contributed by atoms with Crippen LogP contribution in [0.2, 0.25) is 0 Å². The molecule has 21 heavy (non-hydrogen) atoms. The molecule has 0 atom stereocenters. The molecule has 0 aliphatic carbocycles. The van der Waals surface area contributed by atoms with Crippen molar-refractivity contribution >= 4 is 11.6 Å². The van der Waals surface area contributed by atoms with E-state index < -0.39 is 22.3 Å². The Balaban J connectivity index is 2.45. The molecule has 2 aromatic carbocycles. The number of hydrogen-bond donors (Lipinski definition) is 1. The second-order valence-corrected chi connectivity index (χ2v) is 4.32. The van der Waals surface area contributed by atoms with Gasteiger partial charge in [0, 0.05) is 5.56 Å². The maximum atomic E-state index is 13.1. The molecule has 2 N–H and O–H groups in total. The van der Waals surface area contributed by atoms with Crippen LogP contribution < -0.4 is 10.5 Å². The fourth-order valence-corrected chi connectivity index (χ4v) is 1.70. The van der Waals surface area contributed by atoms with E-state index in [0.29, 0.717) is 5.56 Å². The summed E-state index contributed by atoms with van der Waals surface area (Å²) in [6.07, 6.45) is 0. The van der Waals surface area contributed by atoms with Crippen molar-refractivity contribution in [2.75, 3.05) is 0 Å². The van der Waals surface area contributed by atoms with E-state index in [1.165, 1.54) is 12.1 Å². The van der Waals surface area contributed by atoms with Gasteiger partial charge in [-0.1, -0.05) is 6.07 Å². The maximum absolute atomic E-state index is 13.1. The molecule has 7 heteroatoms. The highest BCUT2D eigenvalue weighted by Gasteiger charge is 2.18. The lowest BCUT2D eigenvalue weighted by Gasteiger charge is -2.10. The van der Waals surface area contributed by atoms with Gasteiger partial charge < -0.3 is 10.5 Å². The lowest BCUT2D eigenvalue weighted by atomic mass is 10.1. The van der Waals surface area contributed by atoms with Crippen molar-refractivity contribution in [3.05, 3.63) is 63.5 Å². The van der Waals surface area contributed by atoms with E-state index in [4.69, 9.17) is 10.5 Å². The number of aryl methyl sites for hydroxylation is 1. The van der Waals surface area contributed by atoms with Crippen LogP contribution in [-0.4, -0.2) is 10.8 Å². The quantitative estimate of drug-likeness (QED) is 0.691. The van der Waals surface area contributed by atoms with Crippen molar-refractivity contribution in [1.29, 1.82) is 0 Å². The predicted molar refractivity (Wildman–Crippen MR) is 72.8 cm³/mol. The van der Waals surface area contributed by atoms with Crippen LogP contribution >= 0.6 is 0 Å². The molecule has 0 aromatic heterocycles. The Hall–Kier alpha value is -2.96. The van der Waals surface area contributed by atoms with E-state index in [2.05, 4.69) is 0 Å². The monoisotopic (exact) mass is 290 g/mol. The summed E-state index contributed by atoms with van der Waals surface area (Å²) in [4.78, 5) is 21.3. The number of rotatable bonds is 4. The van der Waals surface area contributed by atoms with Crippen LogP contribution in [0.1, 0.15) is 15.9 Å². The number of carbonyl (C=O) groups excluding carboxylic acids is 1. The Morgan fingerprint density at radius 1 is 1.24 bits per heavy atom. The summed E-state index contributed by atoms with van der Waals surface area (Å²) < 4.78 is 18.5. The van der Waals surface area contributed by atoms with E-state index in [0.717, 1.165) is 18.2 Å². The largest absolute Gasteiger partial charge is 0.450 e. The summed E-state index contributed by atoms with van der Waals surface area (Å²) in [5, 5.41) is 10.9. The number of ether oxygens (including phenoxy) is 1. The minimum Gasteiger partial charge on any atom is -0.450 e. The van der Waals surface area contributed by atoms with Crippen LogP contribution in [0.3, 0.4) is 0 Å². The molecule has 1 amide bonds. The SMILES string of the molecule is Cc1ccc(C(N)=O)cc1Oc1ccc(F)cc1[N+](=O)[O-]. The number of primary amides is 1. The van der Waals surface area contributed by atoms with Gasteiger partial charge in [-0.15, -0.1) is 0 Å². The van der Waals surface area contributed by atoms with Gasteiger partial charge in [0.1, 0.15) is 11.6 Å². The van der Waals surface area contributed by atoms with Gasteiger partial charge in [0.25, 0.3) is 0 Å². The van der Waals surface area contributed by atoms with Crippen LogP contribution in [0.4, 0.5) is 10.1 Å². The van der Waals surface area contributed by atoms with Crippen LogP contribution in [0, 0.1) is 22.9 Å². The molecule has 2 aromatic rings. The molecule has 0 saturated heterocycles. The predicted octanol–water partition coefficient (Wildman–Crippen LogP) is 2.93. The van der Waals surface area contributed by atoms with Crippen LogP contribution in [0.15, 0.2) is 36.4 Å². The highest BCUT2D eigenvalue weighted by atomic mass is 19.1. The summed E-state index contributed by atoms with van der Waals surface area (Å²) in [6, 6.07) is 7.47. The van der Waals surface area contributed by atoms with Crippen LogP contribution in [0.25, 0.3) is 0 Å². The lowest BCUT2D eigenvalue weighted by molar-refractivity contribution is -0.385. The van der Waals surface area contributed by atoms with Crippen molar-refractivity contribution in [3.63, 3.8) is 0 Å². The van der Waals surface area contributed by atoms with Gasteiger partial charge >= 0.3 is 5.69 Å². The first-order valence-electron chi connectivity index (χ1n) is 5.90. The Morgan fingerprint density at radius 3 is 2.57 bits per heavy atom.